The van der Waals surface area contributed by atoms with E-state index in [1.54, 1.807) is 6.08 Å². The summed E-state index contributed by atoms with van der Waals surface area (Å²) in [6.07, 6.45) is 8.12. The molecule has 1 N–H and O–H groups in total. The quantitative estimate of drug-likeness (QED) is 0.288. The third kappa shape index (κ3) is 9.28. The Balaban J connectivity index is 4.62. The van der Waals surface area contributed by atoms with E-state index in [1.807, 2.05) is 30.3 Å². The van der Waals surface area contributed by atoms with E-state index in [0.29, 0.717) is 5.92 Å². The van der Waals surface area contributed by atoms with Gasteiger partial charge in [0, 0.05) is 19.0 Å². The Hall–Kier alpha value is -1.69. The summed E-state index contributed by atoms with van der Waals surface area (Å²) in [4.78, 5) is 25.2. The van der Waals surface area contributed by atoms with Gasteiger partial charge in [0.2, 0.25) is 5.91 Å². The molecule has 0 fully saturated rings. The third-order valence-electron chi connectivity index (χ3n) is 2.97. The minimum absolute atomic E-state index is 0.0939. The maximum Gasteiger partial charge on any atom is 0.307 e. The van der Waals surface area contributed by atoms with E-state index in [9.17, 15) is 9.59 Å². The first-order valence-electron chi connectivity index (χ1n) is 7.27. The van der Waals surface area contributed by atoms with Gasteiger partial charge in [-0.3, -0.25) is 9.59 Å². The molecule has 5 nitrogen and oxygen atoms in total. The lowest BCUT2D eigenvalue weighted by molar-refractivity contribution is -0.140. The van der Waals surface area contributed by atoms with E-state index in [-0.39, 0.29) is 30.9 Å². The molecule has 0 aliphatic heterocycles. The van der Waals surface area contributed by atoms with Crippen LogP contribution in [0.1, 0.15) is 26.7 Å². The Morgan fingerprint density at radius 1 is 1.27 bits per heavy atom. The van der Waals surface area contributed by atoms with Gasteiger partial charge in [-0.05, 0) is 24.6 Å². The first-order chi connectivity index (χ1) is 10.4. The number of hydrogen-bond acceptors (Lipinski definition) is 5. The fraction of sp³-hybridized carbons (Fsp3) is 0.562. The monoisotopic (exact) mass is 326 g/mol. The predicted octanol–water partition coefficient (Wildman–Crippen LogP) is 2.08. The van der Waals surface area contributed by atoms with Crippen molar-refractivity contribution in [3.8, 4) is 0 Å². The highest BCUT2D eigenvalue weighted by atomic mass is 32.1. The van der Waals surface area contributed by atoms with Crippen LogP contribution in [0.2, 0.25) is 0 Å². The molecule has 0 radical (unpaired) electrons. The third-order valence-corrected chi connectivity index (χ3v) is 3.12. The zero-order valence-corrected chi connectivity index (χ0v) is 14.6. The second-order valence-electron chi connectivity index (χ2n) is 5.29. The highest BCUT2D eigenvalue weighted by Gasteiger charge is 2.22. The summed E-state index contributed by atoms with van der Waals surface area (Å²) in [5.74, 6) is -0.0495. The average Bonchev–Trinajstić information content (AvgIpc) is 2.48. The highest BCUT2D eigenvalue weighted by molar-refractivity contribution is 7.79. The van der Waals surface area contributed by atoms with Crippen molar-refractivity contribution in [1.82, 2.24) is 10.2 Å². The molecule has 0 heterocycles. The van der Waals surface area contributed by atoms with Crippen molar-refractivity contribution in [2.24, 2.45) is 5.92 Å². The molecule has 6 heteroatoms. The van der Waals surface area contributed by atoms with Crippen LogP contribution in [-0.2, 0) is 14.3 Å². The molecule has 0 aromatic heterocycles. The molecular formula is C16H26N2O3S. The number of rotatable bonds is 10. The Labute approximate surface area is 138 Å². The van der Waals surface area contributed by atoms with Gasteiger partial charge in [0.05, 0.1) is 13.5 Å². The molecule has 1 unspecified atom stereocenters. The number of carbonyl (C=O) groups excluding carboxylic acids is 2. The van der Waals surface area contributed by atoms with Crippen LogP contribution in [0, 0.1) is 5.92 Å². The van der Waals surface area contributed by atoms with Gasteiger partial charge in [0.25, 0.3) is 0 Å². The fourth-order valence-electron chi connectivity index (χ4n) is 1.81. The highest BCUT2D eigenvalue weighted by Crippen LogP contribution is 2.11. The molecule has 1 atom stereocenters. The number of amides is 1. The van der Waals surface area contributed by atoms with Crippen molar-refractivity contribution < 1.29 is 14.3 Å². The number of carbonyl (C=O) groups is 2. The summed E-state index contributed by atoms with van der Waals surface area (Å²) in [5.41, 5.74) is 0. The van der Waals surface area contributed by atoms with Crippen molar-refractivity contribution in [1.29, 1.82) is 0 Å². The molecule has 0 aliphatic carbocycles. The van der Waals surface area contributed by atoms with Crippen LogP contribution in [0.3, 0.4) is 0 Å². The second kappa shape index (κ2) is 11.9. The lowest BCUT2D eigenvalue weighted by Gasteiger charge is -2.27. The number of nitrogens with zero attached hydrogens (tertiary/aromatic N) is 1. The number of hydrogen-bond donors (Lipinski definition) is 1. The minimum atomic E-state index is -0.334. The molecule has 0 rings (SSSR count). The largest absolute Gasteiger partial charge is 0.469 e. The van der Waals surface area contributed by atoms with E-state index in [1.165, 1.54) is 12.5 Å². The molecule has 0 aliphatic rings. The van der Waals surface area contributed by atoms with Crippen LogP contribution >= 0.6 is 12.2 Å². The van der Waals surface area contributed by atoms with Gasteiger partial charge in [-0.1, -0.05) is 38.2 Å². The van der Waals surface area contributed by atoms with Crippen molar-refractivity contribution >= 4 is 29.5 Å². The first kappa shape index (κ1) is 20.3. The summed E-state index contributed by atoms with van der Waals surface area (Å²) in [6, 6.07) is -0.283. The van der Waals surface area contributed by atoms with Gasteiger partial charge >= 0.3 is 5.97 Å². The zero-order chi connectivity index (χ0) is 17.0. The smallest absolute Gasteiger partial charge is 0.307 e. The summed E-state index contributed by atoms with van der Waals surface area (Å²) < 4.78 is 4.55. The van der Waals surface area contributed by atoms with Gasteiger partial charge in [-0.15, -0.1) is 0 Å². The molecule has 0 saturated carbocycles. The van der Waals surface area contributed by atoms with Crippen LogP contribution in [0.4, 0.5) is 0 Å². The Morgan fingerprint density at radius 3 is 2.50 bits per heavy atom. The molecule has 0 aromatic carbocycles. The molecule has 0 spiro atoms. The minimum Gasteiger partial charge on any atom is -0.469 e. The van der Waals surface area contributed by atoms with Gasteiger partial charge in [-0.2, -0.15) is 0 Å². The zero-order valence-electron chi connectivity index (χ0n) is 13.7. The number of esters is 1. The maximum atomic E-state index is 12.3. The molecule has 22 heavy (non-hydrogen) atoms. The van der Waals surface area contributed by atoms with E-state index in [2.05, 4.69) is 23.9 Å². The van der Waals surface area contributed by atoms with Crippen LogP contribution in [0.25, 0.3) is 0 Å². The molecule has 0 bridgehead atoms. The standard InChI is InChI=1S/C16H26N2O3S/c1-13(2)12-14(18(3)10-6-5-7-11-22)16(20)17-9-8-15(19)21-4/h5-7,10-11,13-14H,8-9,12H2,1-4H3,(H,17,20)/b7-5-,10-6-. The Bertz CT molecular complexity index is 420. The Morgan fingerprint density at radius 2 is 1.95 bits per heavy atom. The normalized spacial score (nSPS) is 12.6. The van der Waals surface area contributed by atoms with Crippen LogP contribution in [0.15, 0.2) is 24.4 Å². The lowest BCUT2D eigenvalue weighted by Crippen LogP contribution is -2.44. The lowest BCUT2D eigenvalue weighted by atomic mass is 10.0. The molecule has 0 aromatic rings. The number of thiocarbonyl (C=S) groups is 1. The number of allylic oxidation sites excluding steroid dienone is 3. The van der Waals surface area contributed by atoms with E-state index < -0.39 is 0 Å². The summed E-state index contributed by atoms with van der Waals surface area (Å²) in [5, 5.41) is 4.30. The van der Waals surface area contributed by atoms with E-state index >= 15 is 0 Å². The van der Waals surface area contributed by atoms with Crippen molar-refractivity contribution in [2.45, 2.75) is 32.7 Å². The molecule has 124 valence electrons. The maximum absolute atomic E-state index is 12.3. The van der Waals surface area contributed by atoms with E-state index in [0.717, 1.165) is 6.42 Å². The number of nitrogens with one attached hydrogen (secondary N) is 1. The van der Waals surface area contributed by atoms with Crippen LogP contribution in [0.5, 0.6) is 0 Å². The average molecular weight is 326 g/mol. The van der Waals surface area contributed by atoms with E-state index in [4.69, 9.17) is 12.2 Å². The second-order valence-corrected chi connectivity index (χ2v) is 5.56. The number of likely N-dealkylation sites (N-methyl/N-ethyl adjacent to an activating group) is 1. The first-order valence-corrected chi connectivity index (χ1v) is 7.74. The Kier molecular flexibility index (Phi) is 11.0. The topological polar surface area (TPSA) is 58.6 Å². The van der Waals surface area contributed by atoms with Crippen LogP contribution in [-0.4, -0.2) is 48.9 Å². The molecular weight excluding hydrogens is 300 g/mol. The van der Waals surface area contributed by atoms with Crippen LogP contribution < -0.4 is 5.32 Å². The number of ether oxygens (including phenoxy) is 1. The SMILES string of the molecule is COC(=O)CCNC(=O)C(CC(C)C)N(C)/C=C\C=C/C=S. The van der Waals surface area contributed by atoms with Gasteiger partial charge in [-0.25, -0.2) is 0 Å². The fourth-order valence-corrected chi connectivity index (χ4v) is 1.90. The van der Waals surface area contributed by atoms with Crippen molar-refractivity contribution in [3.05, 3.63) is 24.4 Å². The molecule has 1 amide bonds. The number of methoxy groups -OCH3 is 1. The van der Waals surface area contributed by atoms with Crippen molar-refractivity contribution in [2.75, 3.05) is 20.7 Å². The summed E-state index contributed by atoms with van der Waals surface area (Å²) >= 11 is 4.70. The van der Waals surface area contributed by atoms with Crippen molar-refractivity contribution in [3.63, 3.8) is 0 Å². The molecule has 0 saturated heterocycles. The summed E-state index contributed by atoms with van der Waals surface area (Å²) in [6.45, 7) is 4.42. The predicted molar refractivity (Wildman–Crippen MR) is 92.6 cm³/mol. The van der Waals surface area contributed by atoms with Gasteiger partial charge in [0.15, 0.2) is 0 Å². The van der Waals surface area contributed by atoms with Gasteiger partial charge < -0.3 is 15.0 Å². The van der Waals surface area contributed by atoms with Gasteiger partial charge in [0.1, 0.15) is 6.04 Å². The summed E-state index contributed by atoms with van der Waals surface area (Å²) in [7, 11) is 3.19.